The second-order valence-electron chi connectivity index (χ2n) is 7.83. The highest BCUT2D eigenvalue weighted by Gasteiger charge is 2.21. The van der Waals surface area contributed by atoms with E-state index >= 15 is 0 Å². The van der Waals surface area contributed by atoms with Crippen LogP contribution in [0.3, 0.4) is 0 Å². The Morgan fingerprint density at radius 2 is 0.846 bits per heavy atom. The van der Waals surface area contributed by atoms with E-state index in [2.05, 4.69) is 0 Å². The lowest BCUT2D eigenvalue weighted by Crippen LogP contribution is -2.09. The maximum Gasteiger partial charge on any atom is 0.337 e. The van der Waals surface area contributed by atoms with Gasteiger partial charge >= 0.3 is 23.9 Å². The Labute approximate surface area is 229 Å². The number of benzene rings is 4. The molecular formula is C28H18O9S2. The summed E-state index contributed by atoms with van der Waals surface area (Å²) < 4.78 is 5.85. The molecule has 11 heteroatoms. The van der Waals surface area contributed by atoms with E-state index in [-0.39, 0.29) is 22.3 Å². The molecule has 4 aromatic carbocycles. The molecule has 0 bridgehead atoms. The predicted octanol–water partition coefficient (Wildman–Crippen LogP) is 6.57. The van der Waals surface area contributed by atoms with E-state index < -0.39 is 23.9 Å². The topological polar surface area (TPSA) is 158 Å². The van der Waals surface area contributed by atoms with Gasteiger partial charge in [0.2, 0.25) is 0 Å². The van der Waals surface area contributed by atoms with Gasteiger partial charge in [-0.25, -0.2) is 19.2 Å². The first-order valence-electron chi connectivity index (χ1n) is 11.1. The zero-order chi connectivity index (χ0) is 28.1. The summed E-state index contributed by atoms with van der Waals surface area (Å²) in [5.74, 6) is -4.30. The normalized spacial score (nSPS) is 10.6. The lowest BCUT2D eigenvalue weighted by Gasteiger charge is -2.11. The van der Waals surface area contributed by atoms with Crippen molar-refractivity contribution in [2.45, 2.75) is 19.6 Å². The highest BCUT2D eigenvalue weighted by molar-refractivity contribution is 7.99. The number of ether oxygens (including phenoxy) is 1. The standard InChI is InChI=1S/C28H18O9S2/c29-25(30)19-3-1-5-21(23(19)27(33)34)38-17-11-7-15(8-12-17)37-16-9-13-18(14-10-16)39-22-6-2-4-20(26(31)32)24(22)28(35)36/h1-14H,(H,29,30)(H,31,32)(H,33,34)(H,35,36). The largest absolute Gasteiger partial charge is 0.478 e. The molecule has 0 saturated heterocycles. The van der Waals surface area contributed by atoms with Crippen LogP contribution in [0, 0.1) is 0 Å². The molecule has 0 amide bonds. The van der Waals surface area contributed by atoms with Crippen LogP contribution >= 0.6 is 23.5 Å². The fraction of sp³-hybridized carbons (Fsp3) is 0. The molecule has 196 valence electrons. The highest BCUT2D eigenvalue weighted by Crippen LogP contribution is 2.36. The van der Waals surface area contributed by atoms with Crippen LogP contribution in [0.2, 0.25) is 0 Å². The maximum absolute atomic E-state index is 11.7. The smallest absolute Gasteiger partial charge is 0.337 e. The van der Waals surface area contributed by atoms with Gasteiger partial charge in [-0.05, 0) is 72.8 Å². The summed E-state index contributed by atoms with van der Waals surface area (Å²) in [5, 5.41) is 37.6. The van der Waals surface area contributed by atoms with Gasteiger partial charge in [0, 0.05) is 19.6 Å². The Morgan fingerprint density at radius 1 is 0.487 bits per heavy atom. The molecule has 4 N–H and O–H groups in total. The van der Waals surface area contributed by atoms with Gasteiger partial charge in [-0.1, -0.05) is 35.7 Å². The number of carboxylic acid groups (broad SMARTS) is 4. The first-order chi connectivity index (χ1) is 18.6. The molecule has 0 aromatic heterocycles. The number of hydrogen-bond acceptors (Lipinski definition) is 7. The van der Waals surface area contributed by atoms with Crippen molar-refractivity contribution in [3.63, 3.8) is 0 Å². The quantitative estimate of drug-likeness (QED) is 0.165. The summed E-state index contributed by atoms with van der Waals surface area (Å²) >= 11 is 2.23. The van der Waals surface area contributed by atoms with Crippen LogP contribution in [0.5, 0.6) is 11.5 Å². The van der Waals surface area contributed by atoms with Crippen molar-refractivity contribution in [2.24, 2.45) is 0 Å². The third-order valence-electron chi connectivity index (χ3n) is 5.28. The molecule has 0 heterocycles. The molecule has 0 aliphatic rings. The molecule has 0 atom stereocenters. The average Bonchev–Trinajstić information content (AvgIpc) is 2.90. The van der Waals surface area contributed by atoms with Crippen molar-refractivity contribution < 1.29 is 44.3 Å². The van der Waals surface area contributed by atoms with Crippen molar-refractivity contribution in [3.05, 3.63) is 107 Å². The second kappa shape index (κ2) is 11.8. The first-order valence-corrected chi connectivity index (χ1v) is 12.7. The van der Waals surface area contributed by atoms with Gasteiger partial charge in [0.15, 0.2) is 0 Å². The third-order valence-corrected chi connectivity index (χ3v) is 7.42. The Morgan fingerprint density at radius 3 is 1.15 bits per heavy atom. The van der Waals surface area contributed by atoms with Crippen molar-refractivity contribution in [1.29, 1.82) is 0 Å². The Bertz CT molecular complexity index is 1460. The van der Waals surface area contributed by atoms with Gasteiger partial charge in [-0.3, -0.25) is 0 Å². The van der Waals surface area contributed by atoms with E-state index in [1.165, 1.54) is 24.3 Å². The monoisotopic (exact) mass is 562 g/mol. The molecule has 0 aliphatic heterocycles. The van der Waals surface area contributed by atoms with Gasteiger partial charge in [-0.15, -0.1) is 0 Å². The minimum absolute atomic E-state index is 0.279. The van der Waals surface area contributed by atoms with Gasteiger partial charge in [0.1, 0.15) is 11.5 Å². The van der Waals surface area contributed by atoms with Crippen LogP contribution < -0.4 is 4.74 Å². The van der Waals surface area contributed by atoms with Crippen LogP contribution in [0.1, 0.15) is 41.4 Å². The highest BCUT2D eigenvalue weighted by atomic mass is 32.2. The molecule has 0 fully saturated rings. The van der Waals surface area contributed by atoms with E-state index in [1.807, 2.05) is 0 Å². The van der Waals surface area contributed by atoms with Crippen molar-refractivity contribution in [2.75, 3.05) is 0 Å². The summed E-state index contributed by atoms with van der Waals surface area (Å²) in [6, 6.07) is 22.1. The average molecular weight is 563 g/mol. The number of carboxylic acids is 4. The summed E-state index contributed by atoms with van der Waals surface area (Å²) in [7, 11) is 0. The predicted molar refractivity (Wildman–Crippen MR) is 142 cm³/mol. The third kappa shape index (κ3) is 6.40. The molecule has 0 saturated carbocycles. The Kier molecular flexibility index (Phi) is 8.23. The van der Waals surface area contributed by atoms with Crippen LogP contribution in [0.4, 0.5) is 0 Å². The first kappa shape index (κ1) is 27.3. The lowest BCUT2D eigenvalue weighted by atomic mass is 10.1. The number of carbonyl (C=O) groups is 4. The van der Waals surface area contributed by atoms with Gasteiger partial charge in [0.25, 0.3) is 0 Å². The molecule has 0 aliphatic carbocycles. The zero-order valence-corrected chi connectivity index (χ0v) is 21.4. The maximum atomic E-state index is 11.7. The minimum Gasteiger partial charge on any atom is -0.478 e. The molecular weight excluding hydrogens is 544 g/mol. The molecule has 39 heavy (non-hydrogen) atoms. The van der Waals surface area contributed by atoms with Gasteiger partial charge < -0.3 is 25.2 Å². The summed E-state index contributed by atoms with van der Waals surface area (Å²) in [5.41, 5.74) is -1.14. The summed E-state index contributed by atoms with van der Waals surface area (Å²) in [4.78, 5) is 48.1. The molecule has 4 rings (SSSR count). The lowest BCUT2D eigenvalue weighted by molar-refractivity contribution is 0.0648. The number of hydrogen-bond donors (Lipinski definition) is 4. The van der Waals surface area contributed by atoms with Gasteiger partial charge in [0.05, 0.1) is 22.3 Å². The minimum atomic E-state index is -1.33. The molecule has 0 spiro atoms. The number of aromatic carboxylic acids is 4. The molecule has 9 nitrogen and oxygen atoms in total. The fourth-order valence-corrected chi connectivity index (χ4v) is 5.52. The summed E-state index contributed by atoms with van der Waals surface area (Å²) in [6.45, 7) is 0. The van der Waals surface area contributed by atoms with E-state index in [0.29, 0.717) is 31.1 Å². The Balaban J connectivity index is 1.46. The van der Waals surface area contributed by atoms with E-state index in [4.69, 9.17) is 4.74 Å². The van der Waals surface area contributed by atoms with Crippen molar-refractivity contribution in [1.82, 2.24) is 0 Å². The zero-order valence-electron chi connectivity index (χ0n) is 19.7. The van der Waals surface area contributed by atoms with E-state index in [1.54, 1.807) is 60.7 Å². The van der Waals surface area contributed by atoms with E-state index in [0.717, 1.165) is 23.5 Å². The molecule has 0 radical (unpaired) electrons. The van der Waals surface area contributed by atoms with Crippen LogP contribution in [0.15, 0.2) is 105 Å². The number of rotatable bonds is 10. The SMILES string of the molecule is O=C(O)c1cccc(Sc2ccc(Oc3ccc(Sc4cccc(C(=O)O)c4C(=O)O)cc3)cc2)c1C(=O)O. The van der Waals surface area contributed by atoms with Gasteiger partial charge in [-0.2, -0.15) is 0 Å². The molecule has 4 aromatic rings. The molecule has 0 unspecified atom stereocenters. The van der Waals surface area contributed by atoms with Crippen LogP contribution in [-0.2, 0) is 0 Å². The Hall–Kier alpha value is -4.74. The van der Waals surface area contributed by atoms with Crippen molar-refractivity contribution >= 4 is 47.4 Å². The second-order valence-corrected chi connectivity index (χ2v) is 10.1. The van der Waals surface area contributed by atoms with Crippen molar-refractivity contribution in [3.8, 4) is 11.5 Å². The van der Waals surface area contributed by atoms with E-state index in [9.17, 15) is 39.6 Å². The summed E-state index contributed by atoms with van der Waals surface area (Å²) in [6.07, 6.45) is 0. The van der Waals surface area contributed by atoms with Crippen LogP contribution in [-0.4, -0.2) is 44.3 Å². The fourth-order valence-electron chi connectivity index (χ4n) is 3.57. The van der Waals surface area contributed by atoms with Crippen LogP contribution in [0.25, 0.3) is 0 Å².